The van der Waals surface area contributed by atoms with Crippen LogP contribution in [-0.4, -0.2) is 103 Å². The molecule has 0 saturated carbocycles. The van der Waals surface area contributed by atoms with E-state index in [2.05, 4.69) is 41.2 Å². The zero-order valence-electron chi connectivity index (χ0n) is 24.1. The summed E-state index contributed by atoms with van der Waals surface area (Å²) < 4.78 is 12.0. The summed E-state index contributed by atoms with van der Waals surface area (Å²) in [5, 5.41) is 12.9. The van der Waals surface area contributed by atoms with Crippen LogP contribution < -0.4 is 10.1 Å². The van der Waals surface area contributed by atoms with Crippen LogP contribution in [0, 0.1) is 5.92 Å². The van der Waals surface area contributed by atoms with Crippen LogP contribution >= 0.6 is 0 Å². The Morgan fingerprint density at radius 3 is 2.65 bits per heavy atom. The predicted molar refractivity (Wildman–Crippen MR) is 155 cm³/mol. The average molecular weight is 553 g/mol. The van der Waals surface area contributed by atoms with Gasteiger partial charge in [0.15, 0.2) is 0 Å². The van der Waals surface area contributed by atoms with Gasteiger partial charge in [-0.05, 0) is 37.7 Å². The normalized spacial score (nSPS) is 21.1. The van der Waals surface area contributed by atoms with Crippen molar-refractivity contribution in [3.05, 3.63) is 59.7 Å². The number of morpholine rings is 1. The van der Waals surface area contributed by atoms with E-state index in [0.717, 1.165) is 25.2 Å². The molecule has 2 amide bonds. The summed E-state index contributed by atoms with van der Waals surface area (Å²) in [5.41, 5.74) is 2.60. The molecular formula is C31H44N4O5. The number of fused-ring (bicyclic) bond motifs is 1. The van der Waals surface area contributed by atoms with Gasteiger partial charge in [-0.25, -0.2) is 0 Å². The fourth-order valence-electron chi connectivity index (χ4n) is 5.30. The van der Waals surface area contributed by atoms with Crippen LogP contribution in [0.4, 0.5) is 5.69 Å². The third kappa shape index (κ3) is 8.51. The Morgan fingerprint density at radius 1 is 1.18 bits per heavy atom. The summed E-state index contributed by atoms with van der Waals surface area (Å²) in [7, 11) is 2.07. The van der Waals surface area contributed by atoms with E-state index in [4.69, 9.17) is 9.47 Å². The molecule has 0 radical (unpaired) electrons. The van der Waals surface area contributed by atoms with Gasteiger partial charge in [0, 0.05) is 62.9 Å². The van der Waals surface area contributed by atoms with Crippen molar-refractivity contribution < 1.29 is 24.2 Å². The van der Waals surface area contributed by atoms with E-state index in [9.17, 15) is 14.7 Å². The SMILES string of the molecule is C[C@@H]1CN([C@H](C)CO)C(=O)Cc2cc(NC(=O)CCN3CCOCC3)ccc2O[C@H]1CN(C)Cc1ccccc1. The summed E-state index contributed by atoms with van der Waals surface area (Å²) in [6.45, 7) is 9.58. The average Bonchev–Trinajstić information content (AvgIpc) is 3.00. The molecule has 2 aliphatic heterocycles. The van der Waals surface area contributed by atoms with Crippen molar-refractivity contribution >= 4 is 17.5 Å². The first-order chi connectivity index (χ1) is 19.3. The van der Waals surface area contributed by atoms with E-state index < -0.39 is 0 Å². The van der Waals surface area contributed by atoms with E-state index in [0.29, 0.717) is 50.7 Å². The molecule has 0 spiro atoms. The number of anilines is 1. The second-order valence-corrected chi connectivity index (χ2v) is 11.1. The van der Waals surface area contributed by atoms with Gasteiger partial charge in [0.1, 0.15) is 11.9 Å². The van der Waals surface area contributed by atoms with Crippen LogP contribution in [0.5, 0.6) is 5.75 Å². The van der Waals surface area contributed by atoms with Crippen LogP contribution in [0.2, 0.25) is 0 Å². The smallest absolute Gasteiger partial charge is 0.227 e. The first kappa shape index (κ1) is 30.0. The fraction of sp³-hybridized carbons (Fsp3) is 0.548. The van der Waals surface area contributed by atoms with Gasteiger partial charge in [-0.3, -0.25) is 19.4 Å². The molecule has 9 heteroatoms. The maximum Gasteiger partial charge on any atom is 0.227 e. The maximum absolute atomic E-state index is 13.5. The molecule has 0 aliphatic carbocycles. The number of amides is 2. The Hall–Kier alpha value is -2.98. The van der Waals surface area contributed by atoms with E-state index in [1.165, 1.54) is 5.56 Å². The third-order valence-electron chi connectivity index (χ3n) is 7.75. The van der Waals surface area contributed by atoms with Crippen molar-refractivity contribution in [2.45, 2.75) is 45.4 Å². The first-order valence-corrected chi connectivity index (χ1v) is 14.3. The Morgan fingerprint density at radius 2 is 1.93 bits per heavy atom. The molecule has 1 saturated heterocycles. The molecule has 2 aliphatic rings. The topological polar surface area (TPSA) is 94.6 Å². The molecule has 3 atom stereocenters. The fourth-order valence-corrected chi connectivity index (χ4v) is 5.30. The van der Waals surface area contributed by atoms with Crippen molar-refractivity contribution in [3.8, 4) is 5.75 Å². The molecule has 2 aromatic carbocycles. The molecule has 2 heterocycles. The van der Waals surface area contributed by atoms with E-state index in [1.807, 2.05) is 43.3 Å². The molecular weight excluding hydrogens is 508 g/mol. The molecule has 218 valence electrons. The number of likely N-dealkylation sites (N-methyl/N-ethyl adjacent to an activating group) is 1. The number of ether oxygens (including phenoxy) is 2. The summed E-state index contributed by atoms with van der Waals surface area (Å²) in [4.78, 5) is 32.4. The number of nitrogens with zero attached hydrogens (tertiary/aromatic N) is 3. The van der Waals surface area contributed by atoms with Crippen molar-refractivity contribution in [1.29, 1.82) is 0 Å². The zero-order chi connectivity index (χ0) is 28.5. The Kier molecular flexibility index (Phi) is 10.9. The highest BCUT2D eigenvalue weighted by atomic mass is 16.5. The minimum atomic E-state index is -0.303. The van der Waals surface area contributed by atoms with Gasteiger partial charge < -0.3 is 24.8 Å². The van der Waals surface area contributed by atoms with Crippen molar-refractivity contribution in [2.75, 3.05) is 64.9 Å². The number of nitrogens with one attached hydrogen (secondary N) is 1. The number of hydrogen-bond acceptors (Lipinski definition) is 7. The minimum absolute atomic E-state index is 0.0293. The van der Waals surface area contributed by atoms with Gasteiger partial charge in [0.05, 0.1) is 32.3 Å². The van der Waals surface area contributed by atoms with E-state index in [-0.39, 0.29) is 42.9 Å². The van der Waals surface area contributed by atoms with Crippen LogP contribution in [0.15, 0.2) is 48.5 Å². The van der Waals surface area contributed by atoms with Crippen molar-refractivity contribution in [3.63, 3.8) is 0 Å². The monoisotopic (exact) mass is 552 g/mol. The van der Waals surface area contributed by atoms with Gasteiger partial charge >= 0.3 is 0 Å². The van der Waals surface area contributed by atoms with Gasteiger partial charge in [-0.1, -0.05) is 37.3 Å². The van der Waals surface area contributed by atoms with Gasteiger partial charge in [0.25, 0.3) is 0 Å². The van der Waals surface area contributed by atoms with Crippen LogP contribution in [0.25, 0.3) is 0 Å². The summed E-state index contributed by atoms with van der Waals surface area (Å²) in [6.07, 6.45) is 0.346. The molecule has 9 nitrogen and oxygen atoms in total. The second kappa shape index (κ2) is 14.6. The van der Waals surface area contributed by atoms with Crippen LogP contribution in [-0.2, 0) is 27.3 Å². The molecule has 0 bridgehead atoms. The maximum atomic E-state index is 13.5. The zero-order valence-corrected chi connectivity index (χ0v) is 24.1. The van der Waals surface area contributed by atoms with Gasteiger partial charge in [0.2, 0.25) is 11.8 Å². The molecule has 2 N–H and O–H groups in total. The number of carbonyl (C=O) groups is 2. The second-order valence-electron chi connectivity index (χ2n) is 11.1. The highest BCUT2D eigenvalue weighted by Gasteiger charge is 2.31. The summed E-state index contributed by atoms with van der Waals surface area (Å²) >= 11 is 0. The summed E-state index contributed by atoms with van der Waals surface area (Å²) in [5.74, 6) is 0.559. The number of benzene rings is 2. The standard InChI is InChI=1S/C31H44N4O5/c1-23-19-35(24(2)22-36)31(38)18-26-17-27(32-30(37)11-12-34-13-15-39-16-14-34)9-10-28(26)40-29(23)21-33(3)20-25-7-5-4-6-8-25/h4-10,17,23-24,29,36H,11-16,18-22H2,1-3H3,(H,32,37)/t23-,24-,29+/m1/s1. The van der Waals surface area contributed by atoms with Gasteiger partial charge in [-0.15, -0.1) is 0 Å². The molecule has 4 rings (SSSR count). The van der Waals surface area contributed by atoms with Crippen molar-refractivity contribution in [2.24, 2.45) is 5.92 Å². The Labute approximate surface area is 238 Å². The Bertz CT molecular complexity index is 1110. The number of carbonyl (C=O) groups excluding carboxylic acids is 2. The number of rotatable bonds is 10. The highest BCUT2D eigenvalue weighted by molar-refractivity contribution is 5.91. The first-order valence-electron chi connectivity index (χ1n) is 14.3. The predicted octanol–water partition coefficient (Wildman–Crippen LogP) is 2.63. The molecule has 0 unspecified atom stereocenters. The lowest BCUT2D eigenvalue weighted by Crippen LogP contribution is -2.47. The molecule has 40 heavy (non-hydrogen) atoms. The largest absolute Gasteiger partial charge is 0.488 e. The Balaban J connectivity index is 1.50. The molecule has 2 aromatic rings. The van der Waals surface area contributed by atoms with Crippen LogP contribution in [0.3, 0.4) is 0 Å². The highest BCUT2D eigenvalue weighted by Crippen LogP contribution is 2.29. The van der Waals surface area contributed by atoms with Crippen molar-refractivity contribution in [1.82, 2.24) is 14.7 Å². The number of hydrogen-bond donors (Lipinski definition) is 2. The lowest BCUT2D eigenvalue weighted by Gasteiger charge is -2.34. The molecule has 0 aromatic heterocycles. The quantitative estimate of drug-likeness (QED) is 0.468. The number of aliphatic hydroxyl groups excluding tert-OH is 1. The lowest BCUT2D eigenvalue weighted by molar-refractivity contribution is -0.134. The van der Waals surface area contributed by atoms with E-state index >= 15 is 0 Å². The summed E-state index contributed by atoms with van der Waals surface area (Å²) in [6, 6.07) is 15.6. The van der Waals surface area contributed by atoms with Gasteiger partial charge in [-0.2, -0.15) is 0 Å². The number of aliphatic hydroxyl groups is 1. The van der Waals surface area contributed by atoms with Crippen LogP contribution in [0.1, 0.15) is 31.4 Å². The third-order valence-corrected chi connectivity index (χ3v) is 7.75. The minimum Gasteiger partial charge on any atom is -0.488 e. The lowest BCUT2D eigenvalue weighted by atomic mass is 10.0. The van der Waals surface area contributed by atoms with E-state index in [1.54, 1.807) is 4.90 Å². The molecule has 1 fully saturated rings.